The summed E-state index contributed by atoms with van der Waals surface area (Å²) in [6, 6.07) is 18.0. The van der Waals surface area contributed by atoms with Crippen LogP contribution in [-0.4, -0.2) is 30.3 Å². The molecule has 0 spiro atoms. The third-order valence-electron chi connectivity index (χ3n) is 3.99. The number of carbonyl (C=O) groups is 1. The Balaban J connectivity index is 1.60. The molecule has 1 unspecified atom stereocenters. The van der Waals surface area contributed by atoms with Gasteiger partial charge in [0.25, 0.3) is 0 Å². The minimum atomic E-state index is -3.68. The highest BCUT2D eigenvalue weighted by atomic mass is 32.2. The molecule has 0 bridgehead atoms. The highest BCUT2D eigenvalue weighted by Gasteiger charge is 2.20. The van der Waals surface area contributed by atoms with Crippen LogP contribution < -0.4 is 5.32 Å². The highest BCUT2D eigenvalue weighted by molar-refractivity contribution is 7.92. The number of amides is 1. The van der Waals surface area contributed by atoms with Crippen molar-refractivity contribution in [2.24, 2.45) is 0 Å². The first-order valence-corrected chi connectivity index (χ1v) is 10.9. The van der Waals surface area contributed by atoms with Crippen molar-refractivity contribution in [2.75, 3.05) is 11.1 Å². The van der Waals surface area contributed by atoms with Crippen molar-refractivity contribution in [3.8, 4) is 0 Å². The van der Waals surface area contributed by atoms with Gasteiger partial charge in [0.15, 0.2) is 9.84 Å². The van der Waals surface area contributed by atoms with E-state index in [9.17, 15) is 13.2 Å². The molecule has 0 radical (unpaired) electrons. The van der Waals surface area contributed by atoms with Crippen molar-refractivity contribution in [3.63, 3.8) is 0 Å². The molecule has 1 N–H and O–H groups in total. The van der Waals surface area contributed by atoms with Gasteiger partial charge in [0, 0.05) is 6.42 Å². The van der Waals surface area contributed by atoms with Crippen LogP contribution in [0.25, 0.3) is 0 Å². The van der Waals surface area contributed by atoms with Gasteiger partial charge in [-0.2, -0.15) is 0 Å². The molecule has 0 saturated carbocycles. The molecule has 3 aromatic rings. The lowest BCUT2D eigenvalue weighted by atomic mass is 9.98. The molecule has 1 atom stereocenters. The minimum absolute atomic E-state index is 0.120. The van der Waals surface area contributed by atoms with E-state index in [1.54, 1.807) is 18.2 Å². The Morgan fingerprint density at radius 2 is 1.67 bits per heavy atom. The first-order chi connectivity index (χ1) is 12.9. The van der Waals surface area contributed by atoms with Crippen molar-refractivity contribution in [1.82, 2.24) is 10.2 Å². The Kier molecular flexibility index (Phi) is 5.98. The zero-order chi connectivity index (χ0) is 19.3. The monoisotopic (exact) mass is 401 g/mol. The molecule has 0 aliphatic rings. The molecule has 2 aromatic carbocycles. The fraction of sp³-hybridized carbons (Fsp3) is 0.211. The lowest BCUT2D eigenvalue weighted by Crippen LogP contribution is -2.22. The van der Waals surface area contributed by atoms with Crippen LogP contribution >= 0.6 is 11.3 Å². The predicted molar refractivity (Wildman–Crippen MR) is 106 cm³/mol. The van der Waals surface area contributed by atoms with Crippen molar-refractivity contribution in [2.45, 2.75) is 24.2 Å². The maximum atomic E-state index is 12.2. The second-order valence-electron chi connectivity index (χ2n) is 6.14. The summed E-state index contributed by atoms with van der Waals surface area (Å²) in [7, 11) is -3.68. The number of nitrogens with zero attached hydrogens (tertiary/aromatic N) is 2. The second kappa shape index (κ2) is 8.41. The van der Waals surface area contributed by atoms with Gasteiger partial charge in [-0.15, -0.1) is 10.2 Å². The van der Waals surface area contributed by atoms with Gasteiger partial charge < -0.3 is 0 Å². The van der Waals surface area contributed by atoms with Crippen molar-refractivity contribution in [3.05, 3.63) is 71.2 Å². The van der Waals surface area contributed by atoms with Gasteiger partial charge in [-0.05, 0) is 23.6 Å². The quantitative estimate of drug-likeness (QED) is 0.656. The van der Waals surface area contributed by atoms with Gasteiger partial charge in [0.1, 0.15) is 10.8 Å². The van der Waals surface area contributed by atoms with E-state index in [-0.39, 0.29) is 10.8 Å². The third kappa shape index (κ3) is 5.21. The van der Waals surface area contributed by atoms with E-state index in [2.05, 4.69) is 34.6 Å². The van der Waals surface area contributed by atoms with Gasteiger partial charge in [0.2, 0.25) is 11.0 Å². The van der Waals surface area contributed by atoms with Crippen molar-refractivity contribution < 1.29 is 13.2 Å². The average Bonchev–Trinajstić information content (AvgIpc) is 3.09. The van der Waals surface area contributed by atoms with E-state index in [4.69, 9.17) is 0 Å². The minimum Gasteiger partial charge on any atom is -0.300 e. The van der Waals surface area contributed by atoms with E-state index in [1.807, 2.05) is 18.2 Å². The number of benzene rings is 2. The van der Waals surface area contributed by atoms with E-state index >= 15 is 0 Å². The van der Waals surface area contributed by atoms with E-state index in [0.29, 0.717) is 11.6 Å². The maximum absolute atomic E-state index is 12.2. The molecule has 8 heteroatoms. The second-order valence-corrected chi connectivity index (χ2v) is 9.19. The van der Waals surface area contributed by atoms with Crippen molar-refractivity contribution in [1.29, 1.82) is 0 Å². The first-order valence-electron chi connectivity index (χ1n) is 8.39. The molecular formula is C19H19N3O3S2. The third-order valence-corrected chi connectivity index (χ3v) is 6.48. The van der Waals surface area contributed by atoms with Crippen LogP contribution in [0, 0.1) is 0 Å². The Labute approximate surface area is 162 Å². The number of carbonyl (C=O) groups excluding carboxylic acids is 1. The lowest BCUT2D eigenvalue weighted by Gasteiger charge is -2.08. The summed E-state index contributed by atoms with van der Waals surface area (Å²) in [5.41, 5.74) is 1.20. The molecular weight excluding hydrogens is 382 g/mol. The smallest absolute Gasteiger partial charge is 0.241 e. The molecule has 0 saturated heterocycles. The number of hydrogen-bond acceptors (Lipinski definition) is 6. The summed E-state index contributed by atoms with van der Waals surface area (Å²) in [6.45, 7) is 2.10. The summed E-state index contributed by atoms with van der Waals surface area (Å²) in [6.07, 6.45) is 0.694. The zero-order valence-corrected chi connectivity index (χ0v) is 16.3. The van der Waals surface area contributed by atoms with Gasteiger partial charge in [-0.25, -0.2) is 8.42 Å². The fourth-order valence-corrected chi connectivity index (χ4v) is 4.63. The van der Waals surface area contributed by atoms with Crippen LogP contribution in [0.5, 0.6) is 0 Å². The van der Waals surface area contributed by atoms with Crippen LogP contribution in [0.4, 0.5) is 5.13 Å². The van der Waals surface area contributed by atoms with Crippen LogP contribution in [0.15, 0.2) is 65.6 Å². The number of anilines is 1. The van der Waals surface area contributed by atoms with E-state index < -0.39 is 21.5 Å². The maximum Gasteiger partial charge on any atom is 0.241 e. The zero-order valence-electron chi connectivity index (χ0n) is 14.7. The van der Waals surface area contributed by atoms with Crippen LogP contribution in [0.3, 0.4) is 0 Å². The number of aromatic nitrogens is 2. The van der Waals surface area contributed by atoms with E-state index in [1.165, 1.54) is 29.0 Å². The number of nitrogens with one attached hydrogen (secondary N) is 1. The van der Waals surface area contributed by atoms with Gasteiger partial charge in [0.05, 0.1) is 4.90 Å². The summed E-state index contributed by atoms with van der Waals surface area (Å²) in [5, 5.41) is 11.7. The molecule has 27 heavy (non-hydrogen) atoms. The van der Waals surface area contributed by atoms with Gasteiger partial charge >= 0.3 is 0 Å². The molecule has 3 rings (SSSR count). The first kappa shape index (κ1) is 19.2. The lowest BCUT2D eigenvalue weighted by molar-refractivity contribution is -0.113. The molecule has 0 aliphatic heterocycles. The molecule has 0 aliphatic carbocycles. The standard InChI is InChI=1S/C19H19N3O3S2/c1-14(15-8-4-2-5-9-15)12-18-21-22-19(26-18)20-17(23)13-27(24,25)16-10-6-3-7-11-16/h2-11,14H,12-13H2,1H3,(H,20,22,23). The molecule has 1 heterocycles. The summed E-state index contributed by atoms with van der Waals surface area (Å²) in [5.74, 6) is -0.995. The number of sulfone groups is 1. The summed E-state index contributed by atoms with van der Waals surface area (Å²) >= 11 is 1.26. The van der Waals surface area contributed by atoms with Crippen molar-refractivity contribution >= 4 is 32.2 Å². The Bertz CT molecular complexity index is 1000. The van der Waals surface area contributed by atoms with Crippen LogP contribution in [-0.2, 0) is 21.1 Å². The normalized spacial score (nSPS) is 12.5. The molecule has 6 nitrogen and oxygen atoms in total. The molecule has 0 fully saturated rings. The molecule has 1 aromatic heterocycles. The average molecular weight is 402 g/mol. The fourth-order valence-electron chi connectivity index (χ4n) is 2.59. The van der Waals surface area contributed by atoms with Crippen LogP contribution in [0.1, 0.15) is 23.4 Å². The van der Waals surface area contributed by atoms with Gasteiger partial charge in [-0.3, -0.25) is 10.1 Å². The number of hydrogen-bond donors (Lipinski definition) is 1. The Morgan fingerprint density at radius 1 is 1.04 bits per heavy atom. The summed E-state index contributed by atoms with van der Waals surface area (Å²) in [4.78, 5) is 12.2. The van der Waals surface area contributed by atoms with Crippen LogP contribution in [0.2, 0.25) is 0 Å². The van der Waals surface area contributed by atoms with Gasteiger partial charge in [-0.1, -0.05) is 66.8 Å². The van der Waals surface area contributed by atoms with E-state index in [0.717, 1.165) is 5.01 Å². The predicted octanol–water partition coefficient (Wildman–Crippen LogP) is 3.30. The summed E-state index contributed by atoms with van der Waals surface area (Å²) < 4.78 is 24.5. The topological polar surface area (TPSA) is 89.0 Å². The SMILES string of the molecule is CC(Cc1nnc(NC(=O)CS(=O)(=O)c2ccccc2)s1)c1ccccc1. The Hall–Kier alpha value is -2.58. The molecule has 140 valence electrons. The number of rotatable bonds is 7. The Morgan fingerprint density at radius 3 is 2.33 bits per heavy atom. The molecule has 1 amide bonds. The highest BCUT2D eigenvalue weighted by Crippen LogP contribution is 2.24. The largest absolute Gasteiger partial charge is 0.300 e.